The molecule has 0 spiro atoms. The summed E-state index contributed by atoms with van der Waals surface area (Å²) in [6.45, 7) is 0. The summed E-state index contributed by atoms with van der Waals surface area (Å²) >= 11 is 1.50. The fourth-order valence-corrected chi connectivity index (χ4v) is 2.99. The molecule has 4 aromatic rings. The minimum atomic E-state index is 0.741. The molecule has 3 heterocycles. The number of nitrogens with one attached hydrogen (secondary N) is 3. The highest BCUT2D eigenvalue weighted by molar-refractivity contribution is 7.18. The zero-order valence-electron chi connectivity index (χ0n) is 12.2. The van der Waals surface area contributed by atoms with Gasteiger partial charge in [-0.25, -0.2) is 4.98 Å². The number of aromatic amines is 1. The van der Waals surface area contributed by atoms with Gasteiger partial charge in [0.25, 0.3) is 0 Å². The van der Waals surface area contributed by atoms with Gasteiger partial charge in [-0.2, -0.15) is 5.10 Å². The molecule has 0 unspecified atom stereocenters. The first kappa shape index (κ1) is 13.6. The molecule has 0 radical (unpaired) electrons. The Labute approximate surface area is 135 Å². The number of hydrogen-bond acceptors (Lipinski definition) is 7. The van der Waals surface area contributed by atoms with Crippen molar-refractivity contribution in [2.24, 2.45) is 0 Å². The normalized spacial score (nSPS) is 10.8. The molecule has 7 nitrogen and oxygen atoms in total. The fourth-order valence-electron chi connectivity index (χ4n) is 2.23. The van der Waals surface area contributed by atoms with E-state index in [1.165, 1.54) is 11.3 Å². The Balaban J connectivity index is 1.59. The van der Waals surface area contributed by atoms with Crippen molar-refractivity contribution < 1.29 is 0 Å². The van der Waals surface area contributed by atoms with E-state index in [-0.39, 0.29) is 0 Å². The first-order valence-corrected chi connectivity index (χ1v) is 7.81. The molecular formula is C15H13N7S. The van der Waals surface area contributed by atoms with Gasteiger partial charge in [-0.05, 0) is 30.3 Å². The molecule has 0 saturated heterocycles. The number of fused-ring (bicyclic) bond motifs is 1. The summed E-state index contributed by atoms with van der Waals surface area (Å²) in [6.07, 6.45) is 3.55. The maximum absolute atomic E-state index is 4.24. The van der Waals surface area contributed by atoms with Crippen LogP contribution < -0.4 is 10.6 Å². The van der Waals surface area contributed by atoms with E-state index in [0.29, 0.717) is 0 Å². The quantitative estimate of drug-likeness (QED) is 0.534. The van der Waals surface area contributed by atoms with Gasteiger partial charge in [-0.15, -0.1) is 10.2 Å². The van der Waals surface area contributed by atoms with Crippen LogP contribution >= 0.6 is 11.3 Å². The third-order valence-electron chi connectivity index (χ3n) is 3.38. The topological polar surface area (TPSA) is 91.4 Å². The smallest absolute Gasteiger partial charge is 0.210 e. The lowest BCUT2D eigenvalue weighted by Gasteiger charge is -2.01. The number of rotatable bonds is 4. The lowest BCUT2D eigenvalue weighted by Crippen LogP contribution is -1.91. The van der Waals surface area contributed by atoms with Gasteiger partial charge in [0.05, 0.1) is 11.7 Å². The average Bonchev–Trinajstić information content (AvgIpc) is 3.24. The van der Waals surface area contributed by atoms with Gasteiger partial charge in [-0.1, -0.05) is 11.3 Å². The van der Waals surface area contributed by atoms with Gasteiger partial charge < -0.3 is 10.6 Å². The maximum atomic E-state index is 4.24. The molecule has 0 aliphatic carbocycles. The van der Waals surface area contributed by atoms with Crippen LogP contribution in [0.25, 0.3) is 21.5 Å². The van der Waals surface area contributed by atoms with Gasteiger partial charge in [-0.3, -0.25) is 5.10 Å². The number of pyridine rings is 1. The Kier molecular flexibility index (Phi) is 3.35. The summed E-state index contributed by atoms with van der Waals surface area (Å²) in [4.78, 5) is 4.20. The molecule has 0 aliphatic heterocycles. The van der Waals surface area contributed by atoms with E-state index in [1.807, 2.05) is 37.4 Å². The van der Waals surface area contributed by atoms with Crippen molar-refractivity contribution in [3.8, 4) is 10.6 Å². The van der Waals surface area contributed by atoms with E-state index in [1.54, 1.807) is 12.4 Å². The number of anilines is 3. The minimum Gasteiger partial charge on any atom is -0.373 e. The highest BCUT2D eigenvalue weighted by atomic mass is 32.1. The van der Waals surface area contributed by atoms with Gasteiger partial charge in [0, 0.05) is 29.9 Å². The molecule has 0 amide bonds. The minimum absolute atomic E-state index is 0.741. The zero-order valence-corrected chi connectivity index (χ0v) is 13.1. The van der Waals surface area contributed by atoms with Crippen LogP contribution in [0.2, 0.25) is 0 Å². The van der Waals surface area contributed by atoms with Gasteiger partial charge in [0.15, 0.2) is 0 Å². The molecule has 0 saturated carbocycles. The van der Waals surface area contributed by atoms with Crippen molar-refractivity contribution in [2.45, 2.75) is 0 Å². The summed E-state index contributed by atoms with van der Waals surface area (Å²) in [5.41, 5.74) is 2.94. The number of H-pyrrole nitrogens is 1. The van der Waals surface area contributed by atoms with Crippen LogP contribution in [0.1, 0.15) is 0 Å². The fraction of sp³-hybridized carbons (Fsp3) is 0.0667. The van der Waals surface area contributed by atoms with Crippen LogP contribution in [0, 0.1) is 0 Å². The molecule has 8 heteroatoms. The van der Waals surface area contributed by atoms with Crippen LogP contribution in [0.15, 0.2) is 42.7 Å². The second-order valence-electron chi connectivity index (χ2n) is 4.89. The van der Waals surface area contributed by atoms with Gasteiger partial charge >= 0.3 is 0 Å². The van der Waals surface area contributed by atoms with E-state index in [9.17, 15) is 0 Å². The third-order valence-corrected chi connectivity index (χ3v) is 4.27. The van der Waals surface area contributed by atoms with E-state index in [0.717, 1.165) is 38.1 Å². The van der Waals surface area contributed by atoms with Crippen molar-refractivity contribution in [1.82, 2.24) is 25.4 Å². The standard InChI is InChI=1S/C15H13N7S/c1-16-13-7-9(4-5-17-13)14-21-22-15(23-14)19-11-2-3-12-10(6-11)8-18-20-12/h2-8H,1H3,(H,16,17)(H,18,20)(H,19,22). The van der Waals surface area contributed by atoms with Crippen molar-refractivity contribution in [3.63, 3.8) is 0 Å². The highest BCUT2D eigenvalue weighted by Gasteiger charge is 2.08. The Bertz CT molecular complexity index is 959. The second-order valence-corrected chi connectivity index (χ2v) is 5.87. The molecule has 0 bridgehead atoms. The Morgan fingerprint density at radius 2 is 2.09 bits per heavy atom. The van der Waals surface area contributed by atoms with Gasteiger partial charge in [0.2, 0.25) is 5.13 Å². The molecule has 0 fully saturated rings. The van der Waals surface area contributed by atoms with Crippen molar-refractivity contribution in [3.05, 3.63) is 42.7 Å². The van der Waals surface area contributed by atoms with Gasteiger partial charge in [0.1, 0.15) is 10.8 Å². The van der Waals surface area contributed by atoms with E-state index >= 15 is 0 Å². The predicted molar refractivity (Wildman–Crippen MR) is 92.1 cm³/mol. The van der Waals surface area contributed by atoms with Crippen LogP contribution in [-0.4, -0.2) is 32.4 Å². The van der Waals surface area contributed by atoms with Crippen LogP contribution in [0.3, 0.4) is 0 Å². The molecular weight excluding hydrogens is 310 g/mol. The Morgan fingerprint density at radius 3 is 3.00 bits per heavy atom. The maximum Gasteiger partial charge on any atom is 0.210 e. The average molecular weight is 323 g/mol. The molecule has 3 N–H and O–H groups in total. The van der Waals surface area contributed by atoms with Crippen molar-refractivity contribution in [1.29, 1.82) is 0 Å². The summed E-state index contributed by atoms with van der Waals surface area (Å²) in [6, 6.07) is 9.84. The molecule has 23 heavy (non-hydrogen) atoms. The molecule has 4 rings (SSSR count). The Morgan fingerprint density at radius 1 is 1.13 bits per heavy atom. The van der Waals surface area contributed by atoms with Crippen molar-refractivity contribution in [2.75, 3.05) is 17.7 Å². The monoisotopic (exact) mass is 323 g/mol. The first-order valence-electron chi connectivity index (χ1n) is 7.00. The van der Waals surface area contributed by atoms with E-state index in [2.05, 4.69) is 36.0 Å². The van der Waals surface area contributed by atoms with E-state index in [4.69, 9.17) is 0 Å². The number of aromatic nitrogens is 5. The number of nitrogens with zero attached hydrogens (tertiary/aromatic N) is 4. The zero-order chi connectivity index (χ0) is 15.6. The predicted octanol–water partition coefficient (Wildman–Crippen LogP) is 3.26. The summed E-state index contributed by atoms with van der Waals surface area (Å²) < 4.78 is 0. The number of benzene rings is 1. The molecule has 0 atom stereocenters. The first-order chi connectivity index (χ1) is 11.3. The lowest BCUT2D eigenvalue weighted by molar-refractivity contribution is 1.10. The highest BCUT2D eigenvalue weighted by Crippen LogP contribution is 2.29. The number of hydrogen-bond donors (Lipinski definition) is 3. The van der Waals surface area contributed by atoms with E-state index < -0.39 is 0 Å². The van der Waals surface area contributed by atoms with Crippen LogP contribution in [0.4, 0.5) is 16.6 Å². The van der Waals surface area contributed by atoms with Crippen molar-refractivity contribution >= 4 is 38.9 Å². The lowest BCUT2D eigenvalue weighted by atomic mass is 10.2. The third kappa shape index (κ3) is 2.71. The molecule has 0 aliphatic rings. The van der Waals surface area contributed by atoms with Crippen LogP contribution in [0.5, 0.6) is 0 Å². The largest absolute Gasteiger partial charge is 0.373 e. The SMILES string of the molecule is CNc1cc(-c2nnc(Nc3ccc4[nH]ncc4c3)s2)ccn1. The second kappa shape index (κ2) is 5.65. The van der Waals surface area contributed by atoms with Crippen LogP contribution in [-0.2, 0) is 0 Å². The molecule has 3 aromatic heterocycles. The summed E-state index contributed by atoms with van der Waals surface area (Å²) in [5.74, 6) is 0.803. The molecule has 114 valence electrons. The summed E-state index contributed by atoms with van der Waals surface area (Å²) in [5, 5.41) is 24.3. The molecule has 1 aromatic carbocycles. The Hall–Kier alpha value is -3.00. The summed E-state index contributed by atoms with van der Waals surface area (Å²) in [7, 11) is 1.84.